The maximum atomic E-state index is 6.20. The molecule has 0 unspecified atom stereocenters. The van der Waals surface area contributed by atoms with Crippen LogP contribution in [0.3, 0.4) is 0 Å². The highest BCUT2D eigenvalue weighted by Crippen LogP contribution is 2.45. The minimum absolute atomic E-state index is 0.883. The van der Waals surface area contributed by atoms with E-state index in [1.165, 1.54) is 10.8 Å². The van der Waals surface area contributed by atoms with Gasteiger partial charge in [0.15, 0.2) is 0 Å². The van der Waals surface area contributed by atoms with Crippen LogP contribution < -0.4 is 4.90 Å². The van der Waals surface area contributed by atoms with Crippen molar-refractivity contribution in [1.82, 2.24) is 0 Å². The molecule has 202 valence electrons. The summed E-state index contributed by atoms with van der Waals surface area (Å²) in [6.45, 7) is 0. The molecule has 0 bridgehead atoms. The van der Waals surface area contributed by atoms with Crippen LogP contribution in [0.4, 0.5) is 17.1 Å². The van der Waals surface area contributed by atoms with Crippen molar-refractivity contribution < 1.29 is 8.83 Å². The van der Waals surface area contributed by atoms with Crippen LogP contribution in [0.15, 0.2) is 160 Å². The average Bonchev–Trinajstić information content (AvgIpc) is 3.63. The molecule has 0 aliphatic carbocycles. The van der Waals surface area contributed by atoms with E-state index in [1.807, 2.05) is 24.3 Å². The summed E-state index contributed by atoms with van der Waals surface area (Å²) in [4.78, 5) is 2.39. The summed E-state index contributed by atoms with van der Waals surface area (Å²) in [5, 5.41) is 6.84. The van der Waals surface area contributed by atoms with E-state index in [2.05, 4.69) is 132 Å². The number of fused-ring (bicyclic) bond motifs is 7. The van der Waals surface area contributed by atoms with E-state index in [9.17, 15) is 0 Å². The highest BCUT2D eigenvalue weighted by Gasteiger charge is 2.21. The van der Waals surface area contributed by atoms with Gasteiger partial charge in [-0.15, -0.1) is 0 Å². The second-order valence-electron chi connectivity index (χ2n) is 10.9. The molecule has 0 radical (unpaired) electrons. The van der Waals surface area contributed by atoms with Crippen LogP contribution in [-0.2, 0) is 0 Å². The molecule has 0 fully saturated rings. The summed E-state index contributed by atoms with van der Waals surface area (Å²) in [5.74, 6) is 0. The number of anilines is 3. The van der Waals surface area contributed by atoms with Gasteiger partial charge in [-0.1, -0.05) is 97.1 Å². The summed E-state index contributed by atoms with van der Waals surface area (Å²) in [6, 6.07) is 53.3. The Labute approximate surface area is 247 Å². The summed E-state index contributed by atoms with van der Waals surface area (Å²) in [7, 11) is 0. The Bertz CT molecular complexity index is 2480. The lowest BCUT2D eigenvalue weighted by atomic mass is 9.98. The van der Waals surface area contributed by atoms with Gasteiger partial charge in [0, 0.05) is 38.2 Å². The molecule has 0 saturated heterocycles. The molecule has 0 amide bonds. The van der Waals surface area contributed by atoms with Crippen molar-refractivity contribution in [3.8, 4) is 11.1 Å². The predicted octanol–water partition coefficient (Wildman–Crippen LogP) is 11.8. The monoisotopic (exact) mass is 551 g/mol. The standard InChI is InChI=1S/C40H25NO2/c1-2-12-29-26(10-1)11-9-17-36(29)41(28-21-23-40-34(25-28)32-15-5-8-19-38(32)43-40)35-16-6-3-13-30(35)27-20-22-39-33(24-27)31-14-4-7-18-37(31)42-39/h1-25H. The predicted molar refractivity (Wildman–Crippen MR) is 179 cm³/mol. The fourth-order valence-electron chi connectivity index (χ4n) is 6.47. The third-order valence-electron chi connectivity index (χ3n) is 8.46. The first-order valence-electron chi connectivity index (χ1n) is 14.5. The van der Waals surface area contributed by atoms with Gasteiger partial charge in [0.25, 0.3) is 0 Å². The Kier molecular flexibility index (Phi) is 5.20. The molecule has 3 nitrogen and oxygen atoms in total. The zero-order chi connectivity index (χ0) is 28.3. The zero-order valence-electron chi connectivity index (χ0n) is 23.2. The maximum absolute atomic E-state index is 6.20. The van der Waals surface area contributed by atoms with Crippen molar-refractivity contribution >= 4 is 71.7 Å². The molecule has 9 aromatic rings. The Morgan fingerprint density at radius 2 is 0.930 bits per heavy atom. The van der Waals surface area contributed by atoms with Gasteiger partial charge in [0.1, 0.15) is 22.3 Å². The number of para-hydroxylation sites is 3. The van der Waals surface area contributed by atoms with Gasteiger partial charge in [-0.3, -0.25) is 0 Å². The first-order valence-corrected chi connectivity index (χ1v) is 14.5. The van der Waals surface area contributed by atoms with Gasteiger partial charge in [-0.2, -0.15) is 0 Å². The van der Waals surface area contributed by atoms with Crippen LogP contribution >= 0.6 is 0 Å². The maximum Gasteiger partial charge on any atom is 0.135 e. The first-order chi connectivity index (χ1) is 21.3. The molecule has 7 aromatic carbocycles. The van der Waals surface area contributed by atoms with Crippen LogP contribution in [0.1, 0.15) is 0 Å². The Balaban J connectivity index is 1.32. The number of nitrogens with zero attached hydrogens (tertiary/aromatic N) is 1. The first kappa shape index (κ1) is 23.9. The van der Waals surface area contributed by atoms with Crippen molar-refractivity contribution in [2.24, 2.45) is 0 Å². The Hall–Kier alpha value is -5.80. The van der Waals surface area contributed by atoms with Crippen LogP contribution in [0.5, 0.6) is 0 Å². The molecule has 2 aromatic heterocycles. The molecule has 2 heterocycles. The molecule has 43 heavy (non-hydrogen) atoms. The number of hydrogen-bond acceptors (Lipinski definition) is 3. The van der Waals surface area contributed by atoms with E-state index in [4.69, 9.17) is 8.83 Å². The van der Waals surface area contributed by atoms with Crippen molar-refractivity contribution in [2.45, 2.75) is 0 Å². The number of benzene rings is 7. The van der Waals surface area contributed by atoms with Gasteiger partial charge >= 0.3 is 0 Å². The third-order valence-corrected chi connectivity index (χ3v) is 8.46. The second kappa shape index (κ2) is 9.37. The van der Waals surface area contributed by atoms with Crippen molar-refractivity contribution in [2.75, 3.05) is 4.90 Å². The molecule has 9 rings (SSSR count). The fraction of sp³-hybridized carbons (Fsp3) is 0. The van der Waals surface area contributed by atoms with Crippen LogP contribution in [-0.4, -0.2) is 0 Å². The zero-order valence-corrected chi connectivity index (χ0v) is 23.2. The lowest BCUT2D eigenvalue weighted by molar-refractivity contribution is 0.668. The lowest BCUT2D eigenvalue weighted by Crippen LogP contribution is -2.11. The number of hydrogen-bond donors (Lipinski definition) is 0. The van der Waals surface area contributed by atoms with E-state index in [-0.39, 0.29) is 0 Å². The fourth-order valence-corrected chi connectivity index (χ4v) is 6.47. The van der Waals surface area contributed by atoms with Gasteiger partial charge < -0.3 is 13.7 Å². The molecular formula is C40H25NO2. The van der Waals surface area contributed by atoms with E-state index < -0.39 is 0 Å². The van der Waals surface area contributed by atoms with Gasteiger partial charge in [0.05, 0.1) is 11.4 Å². The molecule has 0 spiro atoms. The Morgan fingerprint density at radius 1 is 0.372 bits per heavy atom. The molecular weight excluding hydrogens is 526 g/mol. The number of furan rings is 2. The van der Waals surface area contributed by atoms with Crippen LogP contribution in [0.25, 0.3) is 65.8 Å². The highest BCUT2D eigenvalue weighted by atomic mass is 16.3. The van der Waals surface area contributed by atoms with Gasteiger partial charge in [0.2, 0.25) is 0 Å². The molecule has 3 heteroatoms. The molecule has 0 atom stereocenters. The lowest BCUT2D eigenvalue weighted by Gasteiger charge is -2.29. The largest absolute Gasteiger partial charge is 0.456 e. The minimum Gasteiger partial charge on any atom is -0.456 e. The van der Waals surface area contributed by atoms with Crippen molar-refractivity contribution in [3.05, 3.63) is 152 Å². The second-order valence-corrected chi connectivity index (χ2v) is 10.9. The summed E-state index contributed by atoms with van der Waals surface area (Å²) < 4.78 is 12.4. The van der Waals surface area contributed by atoms with E-state index in [1.54, 1.807) is 0 Å². The normalized spacial score (nSPS) is 11.7. The molecule has 0 aliphatic heterocycles. The minimum atomic E-state index is 0.883. The average molecular weight is 552 g/mol. The van der Waals surface area contributed by atoms with Crippen LogP contribution in [0, 0.1) is 0 Å². The van der Waals surface area contributed by atoms with E-state index >= 15 is 0 Å². The summed E-state index contributed by atoms with van der Waals surface area (Å²) in [5.41, 5.74) is 9.13. The van der Waals surface area contributed by atoms with Crippen LogP contribution in [0.2, 0.25) is 0 Å². The van der Waals surface area contributed by atoms with E-state index in [0.29, 0.717) is 0 Å². The molecule has 0 aliphatic rings. The van der Waals surface area contributed by atoms with Crippen molar-refractivity contribution in [1.29, 1.82) is 0 Å². The summed E-state index contributed by atoms with van der Waals surface area (Å²) in [6.07, 6.45) is 0. The topological polar surface area (TPSA) is 29.5 Å². The van der Waals surface area contributed by atoms with Crippen molar-refractivity contribution in [3.63, 3.8) is 0 Å². The third kappa shape index (κ3) is 3.75. The van der Waals surface area contributed by atoms with E-state index in [0.717, 1.165) is 72.1 Å². The smallest absolute Gasteiger partial charge is 0.135 e. The Morgan fingerprint density at radius 3 is 1.72 bits per heavy atom. The molecule has 0 N–H and O–H groups in total. The van der Waals surface area contributed by atoms with Gasteiger partial charge in [-0.25, -0.2) is 0 Å². The highest BCUT2D eigenvalue weighted by molar-refractivity contribution is 6.09. The molecule has 0 saturated carbocycles. The quantitative estimate of drug-likeness (QED) is 0.218. The number of rotatable bonds is 4. The SMILES string of the molecule is c1ccc(N(c2ccc3oc4ccccc4c3c2)c2cccc3ccccc23)c(-c2ccc3oc4ccccc4c3c2)c1. The van der Waals surface area contributed by atoms with Gasteiger partial charge in [-0.05, 0) is 65.5 Å². The summed E-state index contributed by atoms with van der Waals surface area (Å²) >= 11 is 0.